The zero-order valence-electron chi connectivity index (χ0n) is 11.4. The first kappa shape index (κ1) is 12.1. The van der Waals surface area contributed by atoms with Gasteiger partial charge < -0.3 is 4.84 Å². The Bertz CT molecular complexity index is 812. The van der Waals surface area contributed by atoms with Crippen molar-refractivity contribution in [3.8, 4) is 0 Å². The summed E-state index contributed by atoms with van der Waals surface area (Å²) >= 11 is 0. The molecule has 0 bridgehead atoms. The summed E-state index contributed by atoms with van der Waals surface area (Å²) in [6.45, 7) is 0. The van der Waals surface area contributed by atoms with E-state index < -0.39 is 0 Å². The molecular weight excluding hydrogens is 260 g/mol. The molecule has 0 aliphatic carbocycles. The molecular formula is C18H14N2O. The predicted molar refractivity (Wildman–Crippen MR) is 83.2 cm³/mol. The minimum Gasteiger partial charge on any atom is -0.387 e. The maximum atomic E-state index is 5.62. The summed E-state index contributed by atoms with van der Waals surface area (Å²) in [5.41, 5.74) is 3.15. The molecule has 0 spiro atoms. The molecule has 2 aromatic carbocycles. The van der Waals surface area contributed by atoms with Crippen LogP contribution < -0.4 is 0 Å². The molecule has 1 aliphatic rings. The van der Waals surface area contributed by atoms with Crippen LogP contribution in [-0.4, -0.2) is 10.7 Å². The molecule has 0 saturated heterocycles. The fraction of sp³-hybridized carbons (Fsp3) is 0.111. The Morgan fingerprint density at radius 1 is 0.952 bits per heavy atom. The highest BCUT2D eigenvalue weighted by Crippen LogP contribution is 2.31. The molecule has 3 nitrogen and oxygen atoms in total. The SMILES string of the molecule is c1cncc(C2=NOC(c3ccc4ccccc4c3)C2)c1. The third kappa shape index (κ3) is 2.27. The smallest absolute Gasteiger partial charge is 0.158 e. The van der Waals surface area contributed by atoms with Gasteiger partial charge in [-0.2, -0.15) is 0 Å². The van der Waals surface area contributed by atoms with Gasteiger partial charge in [0, 0.05) is 24.4 Å². The molecule has 0 N–H and O–H groups in total. The van der Waals surface area contributed by atoms with E-state index in [-0.39, 0.29) is 6.10 Å². The summed E-state index contributed by atoms with van der Waals surface area (Å²) in [7, 11) is 0. The van der Waals surface area contributed by atoms with Gasteiger partial charge in [-0.3, -0.25) is 4.98 Å². The zero-order valence-corrected chi connectivity index (χ0v) is 11.4. The molecule has 1 unspecified atom stereocenters. The van der Waals surface area contributed by atoms with E-state index in [2.05, 4.69) is 52.6 Å². The van der Waals surface area contributed by atoms with E-state index >= 15 is 0 Å². The van der Waals surface area contributed by atoms with E-state index in [0.29, 0.717) is 0 Å². The minimum absolute atomic E-state index is 0.00943. The average Bonchev–Trinajstić information content (AvgIpc) is 3.05. The van der Waals surface area contributed by atoms with Gasteiger partial charge in [0.25, 0.3) is 0 Å². The largest absolute Gasteiger partial charge is 0.387 e. The van der Waals surface area contributed by atoms with Crippen LogP contribution in [0.1, 0.15) is 23.7 Å². The second-order valence-corrected chi connectivity index (χ2v) is 5.18. The van der Waals surface area contributed by atoms with Gasteiger partial charge in [-0.25, -0.2) is 0 Å². The van der Waals surface area contributed by atoms with E-state index in [0.717, 1.165) is 23.3 Å². The van der Waals surface area contributed by atoms with Crippen LogP contribution in [0.25, 0.3) is 10.8 Å². The molecule has 0 saturated carbocycles. The van der Waals surface area contributed by atoms with Gasteiger partial charge in [0.05, 0.1) is 5.71 Å². The van der Waals surface area contributed by atoms with Crippen molar-refractivity contribution in [3.05, 3.63) is 78.1 Å². The van der Waals surface area contributed by atoms with Crippen LogP contribution in [-0.2, 0) is 4.84 Å². The molecule has 3 aromatic rings. The number of oxime groups is 1. The maximum Gasteiger partial charge on any atom is 0.158 e. The Morgan fingerprint density at radius 2 is 1.86 bits per heavy atom. The second-order valence-electron chi connectivity index (χ2n) is 5.18. The maximum absolute atomic E-state index is 5.62. The van der Waals surface area contributed by atoms with Crippen LogP contribution >= 0.6 is 0 Å². The summed E-state index contributed by atoms with van der Waals surface area (Å²) < 4.78 is 0. The van der Waals surface area contributed by atoms with Crippen LogP contribution in [0.4, 0.5) is 0 Å². The third-order valence-corrected chi connectivity index (χ3v) is 3.81. The first-order valence-corrected chi connectivity index (χ1v) is 7.02. The van der Waals surface area contributed by atoms with Gasteiger partial charge in [-0.05, 0) is 34.5 Å². The van der Waals surface area contributed by atoms with E-state index in [1.165, 1.54) is 10.8 Å². The summed E-state index contributed by atoms with van der Waals surface area (Å²) in [4.78, 5) is 9.75. The number of rotatable bonds is 2. The number of hydrogen-bond acceptors (Lipinski definition) is 3. The van der Waals surface area contributed by atoms with Crippen molar-refractivity contribution >= 4 is 16.5 Å². The van der Waals surface area contributed by atoms with E-state index in [4.69, 9.17) is 4.84 Å². The zero-order chi connectivity index (χ0) is 14.1. The Balaban J connectivity index is 1.61. The van der Waals surface area contributed by atoms with Crippen LogP contribution in [0, 0.1) is 0 Å². The Hall–Kier alpha value is -2.68. The second kappa shape index (κ2) is 5.02. The van der Waals surface area contributed by atoms with Gasteiger partial charge in [-0.1, -0.05) is 41.6 Å². The van der Waals surface area contributed by atoms with Gasteiger partial charge in [0.15, 0.2) is 6.10 Å². The van der Waals surface area contributed by atoms with Crippen LogP contribution in [0.5, 0.6) is 0 Å². The van der Waals surface area contributed by atoms with Gasteiger partial charge in [0.1, 0.15) is 0 Å². The number of benzene rings is 2. The molecule has 1 aromatic heterocycles. The molecule has 1 aliphatic heterocycles. The lowest BCUT2D eigenvalue weighted by atomic mass is 9.99. The molecule has 3 heteroatoms. The van der Waals surface area contributed by atoms with Crippen LogP contribution in [0.15, 0.2) is 72.1 Å². The standard InChI is InChI=1S/C18H14N2O/c1-2-5-14-10-15(8-7-13(14)4-1)18-11-17(20-21-18)16-6-3-9-19-12-16/h1-10,12,18H,11H2. The van der Waals surface area contributed by atoms with Gasteiger partial charge in [0.2, 0.25) is 0 Å². The number of fused-ring (bicyclic) bond motifs is 1. The number of pyridine rings is 1. The topological polar surface area (TPSA) is 34.5 Å². The van der Waals surface area contributed by atoms with Crippen molar-refractivity contribution in [1.29, 1.82) is 0 Å². The van der Waals surface area contributed by atoms with Crippen LogP contribution in [0.2, 0.25) is 0 Å². The van der Waals surface area contributed by atoms with E-state index in [9.17, 15) is 0 Å². The first-order valence-electron chi connectivity index (χ1n) is 7.02. The van der Waals surface area contributed by atoms with Crippen molar-refractivity contribution in [2.75, 3.05) is 0 Å². The molecule has 0 fully saturated rings. The average molecular weight is 274 g/mol. The van der Waals surface area contributed by atoms with Gasteiger partial charge >= 0.3 is 0 Å². The highest BCUT2D eigenvalue weighted by molar-refractivity contribution is 6.01. The molecule has 21 heavy (non-hydrogen) atoms. The van der Waals surface area contributed by atoms with Crippen molar-refractivity contribution in [1.82, 2.24) is 4.98 Å². The number of nitrogens with zero attached hydrogens (tertiary/aromatic N) is 2. The third-order valence-electron chi connectivity index (χ3n) is 3.81. The van der Waals surface area contributed by atoms with Crippen molar-refractivity contribution in [2.45, 2.75) is 12.5 Å². The van der Waals surface area contributed by atoms with Gasteiger partial charge in [-0.15, -0.1) is 0 Å². The molecule has 1 atom stereocenters. The Kier molecular flexibility index (Phi) is 2.89. The highest BCUT2D eigenvalue weighted by atomic mass is 16.6. The number of aromatic nitrogens is 1. The first-order chi connectivity index (χ1) is 10.4. The normalized spacial score (nSPS) is 17.5. The van der Waals surface area contributed by atoms with E-state index in [1.807, 2.05) is 18.3 Å². The van der Waals surface area contributed by atoms with Crippen molar-refractivity contribution < 1.29 is 4.84 Å². The van der Waals surface area contributed by atoms with Crippen molar-refractivity contribution in [2.24, 2.45) is 5.16 Å². The van der Waals surface area contributed by atoms with E-state index in [1.54, 1.807) is 6.20 Å². The molecule has 102 valence electrons. The van der Waals surface area contributed by atoms with Crippen molar-refractivity contribution in [3.63, 3.8) is 0 Å². The summed E-state index contributed by atoms with van der Waals surface area (Å²) in [6.07, 6.45) is 4.36. The fourth-order valence-electron chi connectivity index (χ4n) is 2.67. The number of hydrogen-bond donors (Lipinski definition) is 0. The Labute approximate surface area is 122 Å². The Morgan fingerprint density at radius 3 is 2.71 bits per heavy atom. The monoisotopic (exact) mass is 274 g/mol. The summed E-state index contributed by atoms with van der Waals surface area (Å²) in [5.74, 6) is 0. The highest BCUT2D eigenvalue weighted by Gasteiger charge is 2.24. The predicted octanol–water partition coefficient (Wildman–Crippen LogP) is 4.10. The summed E-state index contributed by atoms with van der Waals surface area (Å²) in [6, 6.07) is 18.7. The molecule has 0 amide bonds. The molecule has 2 heterocycles. The lowest BCUT2D eigenvalue weighted by Crippen LogP contribution is -2.01. The minimum atomic E-state index is -0.00943. The molecule has 4 rings (SSSR count). The lowest BCUT2D eigenvalue weighted by Gasteiger charge is -2.09. The fourth-order valence-corrected chi connectivity index (χ4v) is 2.67. The van der Waals surface area contributed by atoms with Crippen LogP contribution in [0.3, 0.4) is 0 Å². The quantitative estimate of drug-likeness (QED) is 0.705. The summed E-state index contributed by atoms with van der Waals surface area (Å²) in [5, 5.41) is 6.69. The lowest BCUT2D eigenvalue weighted by molar-refractivity contribution is 0.0858. The molecule has 0 radical (unpaired) electrons.